The first-order chi connectivity index (χ1) is 10.5. The van der Waals surface area contributed by atoms with Crippen molar-refractivity contribution in [3.05, 3.63) is 42.2 Å². The maximum absolute atomic E-state index is 12.1. The first-order valence-electron chi connectivity index (χ1n) is 6.89. The summed E-state index contributed by atoms with van der Waals surface area (Å²) >= 11 is 0. The molecule has 0 radical (unpaired) electrons. The fourth-order valence-electron chi connectivity index (χ4n) is 2.45. The van der Waals surface area contributed by atoms with E-state index < -0.39 is 10.0 Å². The van der Waals surface area contributed by atoms with E-state index in [0.29, 0.717) is 6.54 Å². The van der Waals surface area contributed by atoms with Crippen molar-refractivity contribution in [3.8, 4) is 0 Å². The molecule has 0 atom stereocenters. The first-order valence-corrected chi connectivity index (χ1v) is 8.37. The fourth-order valence-corrected chi connectivity index (χ4v) is 3.49. The predicted molar refractivity (Wildman–Crippen MR) is 82.9 cm³/mol. The lowest BCUT2D eigenvalue weighted by Gasteiger charge is -2.07. The molecule has 1 aromatic carbocycles. The molecule has 116 valence electrons. The summed E-state index contributed by atoms with van der Waals surface area (Å²) in [6, 6.07) is 8.32. The number of hydrogen-bond donors (Lipinski definition) is 1. The second-order valence-electron chi connectivity index (χ2n) is 5.02. The molecule has 7 nitrogen and oxygen atoms in total. The number of hydrogen-bond acceptors (Lipinski definition) is 4. The third kappa shape index (κ3) is 2.62. The Morgan fingerprint density at radius 3 is 2.68 bits per heavy atom. The zero-order valence-corrected chi connectivity index (χ0v) is 13.2. The molecule has 0 aliphatic carbocycles. The summed E-state index contributed by atoms with van der Waals surface area (Å²) in [6.07, 6.45) is 1.74. The summed E-state index contributed by atoms with van der Waals surface area (Å²) < 4.78 is 30.4. The highest BCUT2D eigenvalue weighted by molar-refractivity contribution is 7.89. The van der Waals surface area contributed by atoms with Crippen LogP contribution in [0.4, 0.5) is 0 Å². The number of nitrogens with one attached hydrogen (secondary N) is 1. The molecule has 0 aliphatic rings. The predicted octanol–water partition coefficient (Wildman–Crippen LogP) is 1.06. The minimum Gasteiger partial charge on any atom is -0.264 e. The molecule has 0 unspecified atom stereocenters. The van der Waals surface area contributed by atoms with Crippen molar-refractivity contribution in [2.75, 3.05) is 6.54 Å². The van der Waals surface area contributed by atoms with Crippen LogP contribution in [0.15, 0.2) is 41.4 Å². The molecule has 0 bridgehead atoms. The molecule has 0 fully saturated rings. The van der Waals surface area contributed by atoms with Gasteiger partial charge in [-0.25, -0.2) is 13.1 Å². The van der Waals surface area contributed by atoms with Gasteiger partial charge in [0, 0.05) is 13.6 Å². The van der Waals surface area contributed by atoms with Crippen molar-refractivity contribution in [3.63, 3.8) is 0 Å². The lowest BCUT2D eigenvalue weighted by molar-refractivity contribution is 0.565. The van der Waals surface area contributed by atoms with Crippen molar-refractivity contribution in [2.45, 2.75) is 18.4 Å². The van der Waals surface area contributed by atoms with Gasteiger partial charge in [0.1, 0.15) is 11.0 Å². The lowest BCUT2D eigenvalue weighted by Crippen LogP contribution is -2.27. The summed E-state index contributed by atoms with van der Waals surface area (Å²) in [6.45, 7) is 2.62. The Morgan fingerprint density at radius 1 is 1.23 bits per heavy atom. The number of nitrogens with zero attached hydrogens (tertiary/aromatic N) is 4. The van der Waals surface area contributed by atoms with E-state index >= 15 is 0 Å². The van der Waals surface area contributed by atoms with Gasteiger partial charge < -0.3 is 0 Å². The van der Waals surface area contributed by atoms with Crippen LogP contribution in [-0.2, 0) is 23.6 Å². The number of sulfonamides is 1. The van der Waals surface area contributed by atoms with E-state index in [0.717, 1.165) is 16.7 Å². The smallest absolute Gasteiger partial charge is 0.240 e. The zero-order chi connectivity index (χ0) is 15.7. The van der Waals surface area contributed by atoms with Crippen molar-refractivity contribution >= 4 is 21.1 Å². The largest absolute Gasteiger partial charge is 0.264 e. The zero-order valence-electron chi connectivity index (χ0n) is 12.4. The van der Waals surface area contributed by atoms with Gasteiger partial charge in [-0.3, -0.25) is 9.36 Å². The van der Waals surface area contributed by atoms with Crippen LogP contribution in [0.3, 0.4) is 0 Å². The molecule has 1 N–H and O–H groups in total. The first kappa shape index (κ1) is 14.7. The second-order valence-corrected chi connectivity index (χ2v) is 6.79. The van der Waals surface area contributed by atoms with Gasteiger partial charge in [0.05, 0.1) is 23.3 Å². The average Bonchev–Trinajstić information content (AvgIpc) is 3.03. The third-order valence-corrected chi connectivity index (χ3v) is 4.96. The van der Waals surface area contributed by atoms with Gasteiger partial charge in [0.15, 0.2) is 0 Å². The van der Waals surface area contributed by atoms with Crippen LogP contribution in [-0.4, -0.2) is 34.5 Å². The van der Waals surface area contributed by atoms with Crippen molar-refractivity contribution in [1.82, 2.24) is 24.3 Å². The number of rotatable bonds is 5. The van der Waals surface area contributed by atoms with E-state index in [1.54, 1.807) is 45.9 Å². The van der Waals surface area contributed by atoms with Gasteiger partial charge in [-0.2, -0.15) is 10.2 Å². The Labute approximate surface area is 128 Å². The number of benzene rings is 1. The molecule has 0 saturated carbocycles. The van der Waals surface area contributed by atoms with E-state index in [9.17, 15) is 8.42 Å². The summed E-state index contributed by atoms with van der Waals surface area (Å²) in [5.74, 6) is 0. The molecule has 0 aliphatic heterocycles. The maximum Gasteiger partial charge on any atom is 0.240 e. The SMILES string of the molecule is Cc1nn(C)c2cnn(CCNS(=O)(=O)c3ccccc3)c12. The molecule has 3 rings (SSSR count). The molecule has 8 heteroatoms. The third-order valence-electron chi connectivity index (χ3n) is 3.48. The van der Waals surface area contributed by atoms with Crippen LogP contribution in [0.1, 0.15) is 5.69 Å². The quantitative estimate of drug-likeness (QED) is 0.762. The van der Waals surface area contributed by atoms with E-state index in [2.05, 4.69) is 14.9 Å². The van der Waals surface area contributed by atoms with Gasteiger partial charge in [-0.1, -0.05) is 18.2 Å². The fraction of sp³-hybridized carbons (Fsp3) is 0.286. The average molecular weight is 319 g/mol. The molecule has 0 spiro atoms. The number of aromatic nitrogens is 4. The molecule has 2 heterocycles. The lowest BCUT2D eigenvalue weighted by atomic mass is 10.4. The molecule has 0 saturated heterocycles. The van der Waals surface area contributed by atoms with Crippen LogP contribution in [0.5, 0.6) is 0 Å². The normalized spacial score (nSPS) is 12.1. The Kier molecular flexibility index (Phi) is 3.71. The van der Waals surface area contributed by atoms with E-state index in [-0.39, 0.29) is 11.4 Å². The van der Waals surface area contributed by atoms with Crippen LogP contribution in [0.25, 0.3) is 11.0 Å². The summed E-state index contributed by atoms with van der Waals surface area (Å²) in [7, 11) is -1.62. The minimum absolute atomic E-state index is 0.262. The van der Waals surface area contributed by atoms with E-state index in [1.165, 1.54) is 0 Å². The highest BCUT2D eigenvalue weighted by atomic mass is 32.2. The maximum atomic E-state index is 12.1. The van der Waals surface area contributed by atoms with Crippen molar-refractivity contribution in [1.29, 1.82) is 0 Å². The Morgan fingerprint density at radius 2 is 1.95 bits per heavy atom. The highest BCUT2D eigenvalue weighted by Crippen LogP contribution is 2.16. The number of aryl methyl sites for hydroxylation is 2. The van der Waals surface area contributed by atoms with E-state index in [4.69, 9.17) is 0 Å². The minimum atomic E-state index is -3.48. The highest BCUT2D eigenvalue weighted by Gasteiger charge is 2.14. The molecular weight excluding hydrogens is 302 g/mol. The molecule has 2 aromatic heterocycles. The van der Waals surface area contributed by atoms with Crippen LogP contribution in [0, 0.1) is 6.92 Å². The standard InChI is InChI=1S/C14H17N5O2S/c1-11-14-13(18(2)17-11)10-15-19(14)9-8-16-22(20,21)12-6-4-3-5-7-12/h3-7,10,16H,8-9H2,1-2H3. The molecule has 3 aromatic rings. The summed E-state index contributed by atoms with van der Waals surface area (Å²) in [4.78, 5) is 0.262. The monoisotopic (exact) mass is 319 g/mol. The second kappa shape index (κ2) is 5.54. The van der Waals surface area contributed by atoms with Gasteiger partial charge >= 0.3 is 0 Å². The molecule has 0 amide bonds. The Hall–Kier alpha value is -2.19. The topological polar surface area (TPSA) is 81.8 Å². The van der Waals surface area contributed by atoms with Gasteiger partial charge in [-0.15, -0.1) is 0 Å². The van der Waals surface area contributed by atoms with Gasteiger partial charge in [0.25, 0.3) is 0 Å². The van der Waals surface area contributed by atoms with Crippen molar-refractivity contribution in [2.24, 2.45) is 7.05 Å². The van der Waals surface area contributed by atoms with E-state index in [1.807, 2.05) is 14.0 Å². The molecular formula is C14H17N5O2S. The van der Waals surface area contributed by atoms with Gasteiger partial charge in [-0.05, 0) is 19.1 Å². The van der Waals surface area contributed by atoms with Crippen LogP contribution < -0.4 is 4.72 Å². The van der Waals surface area contributed by atoms with Crippen LogP contribution >= 0.6 is 0 Å². The van der Waals surface area contributed by atoms with Gasteiger partial charge in [0.2, 0.25) is 10.0 Å². The van der Waals surface area contributed by atoms with Crippen molar-refractivity contribution < 1.29 is 8.42 Å². The Bertz CT molecular complexity index is 896. The molecule has 22 heavy (non-hydrogen) atoms. The van der Waals surface area contributed by atoms with Crippen LogP contribution in [0.2, 0.25) is 0 Å². The summed E-state index contributed by atoms with van der Waals surface area (Å²) in [5, 5.41) is 8.62. The summed E-state index contributed by atoms with van der Waals surface area (Å²) in [5.41, 5.74) is 2.74. The Balaban J connectivity index is 1.73. The number of fused-ring (bicyclic) bond motifs is 1.